The molecule has 0 aliphatic rings. The van der Waals surface area contributed by atoms with Gasteiger partial charge in [0.1, 0.15) is 11.6 Å². The fourth-order valence-corrected chi connectivity index (χ4v) is 2.79. The summed E-state index contributed by atoms with van der Waals surface area (Å²) in [6.45, 7) is 0. The second-order valence-corrected chi connectivity index (χ2v) is 6.48. The SMILES string of the molecule is N#C/C(=C\c1cn[nH]c1-c1ccc(Br)cc1)C(=O)Nc1nccs1. The molecule has 0 aliphatic heterocycles. The normalized spacial score (nSPS) is 11.1. The van der Waals surface area contributed by atoms with Crippen LogP contribution in [0.25, 0.3) is 17.3 Å². The van der Waals surface area contributed by atoms with E-state index in [1.807, 2.05) is 30.3 Å². The van der Waals surface area contributed by atoms with Gasteiger partial charge in [-0.15, -0.1) is 11.3 Å². The molecule has 1 amide bonds. The van der Waals surface area contributed by atoms with E-state index in [0.29, 0.717) is 10.7 Å². The van der Waals surface area contributed by atoms with Crippen molar-refractivity contribution in [3.8, 4) is 17.3 Å². The maximum Gasteiger partial charge on any atom is 0.268 e. The van der Waals surface area contributed by atoms with Crippen LogP contribution in [0.1, 0.15) is 5.56 Å². The lowest BCUT2D eigenvalue weighted by Crippen LogP contribution is -2.13. The van der Waals surface area contributed by atoms with Gasteiger partial charge in [-0.2, -0.15) is 10.4 Å². The summed E-state index contributed by atoms with van der Waals surface area (Å²) in [6, 6.07) is 9.56. The van der Waals surface area contributed by atoms with E-state index in [-0.39, 0.29) is 5.57 Å². The molecule has 0 saturated heterocycles. The van der Waals surface area contributed by atoms with E-state index >= 15 is 0 Å². The largest absolute Gasteiger partial charge is 0.297 e. The molecule has 3 aromatic rings. The first-order chi connectivity index (χ1) is 11.7. The third kappa shape index (κ3) is 3.59. The number of aromatic nitrogens is 3. The first-order valence-electron chi connectivity index (χ1n) is 6.79. The van der Waals surface area contributed by atoms with Crippen molar-refractivity contribution >= 4 is 44.4 Å². The summed E-state index contributed by atoms with van der Waals surface area (Å²) in [7, 11) is 0. The number of rotatable bonds is 4. The highest BCUT2D eigenvalue weighted by molar-refractivity contribution is 9.10. The molecule has 24 heavy (non-hydrogen) atoms. The number of anilines is 1. The van der Waals surface area contributed by atoms with Crippen LogP contribution in [0, 0.1) is 11.3 Å². The lowest BCUT2D eigenvalue weighted by molar-refractivity contribution is -0.112. The van der Waals surface area contributed by atoms with Gasteiger partial charge in [-0.3, -0.25) is 15.2 Å². The van der Waals surface area contributed by atoms with Crippen LogP contribution in [0.4, 0.5) is 5.13 Å². The summed E-state index contributed by atoms with van der Waals surface area (Å²) >= 11 is 4.67. The molecule has 0 unspecified atom stereocenters. The minimum Gasteiger partial charge on any atom is -0.297 e. The number of thiazole rings is 1. The topological polar surface area (TPSA) is 94.5 Å². The Kier molecular flexibility index (Phi) is 4.84. The molecule has 2 heterocycles. The molecule has 8 heteroatoms. The van der Waals surface area contributed by atoms with E-state index in [4.69, 9.17) is 0 Å². The van der Waals surface area contributed by atoms with Crippen LogP contribution in [0.5, 0.6) is 0 Å². The minimum absolute atomic E-state index is 0.0232. The van der Waals surface area contributed by atoms with E-state index < -0.39 is 5.91 Å². The molecule has 3 rings (SSSR count). The standard InChI is InChI=1S/C16H10BrN5OS/c17-13-3-1-10(2-4-13)14-12(9-20-22-14)7-11(8-18)15(23)21-16-19-5-6-24-16/h1-7,9H,(H,20,22)(H,19,21,23)/b11-7+. The predicted molar refractivity (Wildman–Crippen MR) is 96.1 cm³/mol. The summed E-state index contributed by atoms with van der Waals surface area (Å²) in [5.74, 6) is -0.504. The van der Waals surface area contributed by atoms with Gasteiger partial charge in [0.15, 0.2) is 5.13 Å². The second kappa shape index (κ2) is 7.21. The van der Waals surface area contributed by atoms with Crippen LogP contribution in [0.3, 0.4) is 0 Å². The third-order valence-electron chi connectivity index (χ3n) is 3.12. The Labute approximate surface area is 150 Å². The highest BCUT2D eigenvalue weighted by Gasteiger charge is 2.13. The van der Waals surface area contributed by atoms with Crippen LogP contribution in [0.15, 0.2) is 52.1 Å². The molecule has 0 bridgehead atoms. The summed E-state index contributed by atoms with van der Waals surface area (Å²) in [6.07, 6.45) is 4.66. The van der Waals surface area contributed by atoms with Gasteiger partial charge in [0.25, 0.3) is 5.91 Å². The average molecular weight is 400 g/mol. The highest BCUT2D eigenvalue weighted by Crippen LogP contribution is 2.25. The van der Waals surface area contributed by atoms with E-state index in [2.05, 4.69) is 36.4 Å². The molecule has 118 valence electrons. The summed E-state index contributed by atoms with van der Waals surface area (Å²) in [4.78, 5) is 16.2. The van der Waals surface area contributed by atoms with Gasteiger partial charge in [-0.25, -0.2) is 4.98 Å². The Morgan fingerprint density at radius 2 is 2.17 bits per heavy atom. The van der Waals surface area contributed by atoms with E-state index in [1.165, 1.54) is 17.4 Å². The number of nitrogens with zero attached hydrogens (tertiary/aromatic N) is 3. The van der Waals surface area contributed by atoms with Crippen molar-refractivity contribution in [3.63, 3.8) is 0 Å². The van der Waals surface area contributed by atoms with Crippen molar-refractivity contribution in [2.45, 2.75) is 0 Å². The van der Waals surface area contributed by atoms with Crippen LogP contribution in [0.2, 0.25) is 0 Å². The number of amides is 1. The maximum absolute atomic E-state index is 12.2. The summed E-state index contributed by atoms with van der Waals surface area (Å²) in [5.41, 5.74) is 2.27. The molecule has 6 nitrogen and oxygen atoms in total. The molecule has 2 aromatic heterocycles. The van der Waals surface area contributed by atoms with Crippen molar-refractivity contribution in [2.75, 3.05) is 5.32 Å². The summed E-state index contributed by atoms with van der Waals surface area (Å²) < 4.78 is 0.961. The fourth-order valence-electron chi connectivity index (χ4n) is 2.01. The van der Waals surface area contributed by atoms with E-state index in [9.17, 15) is 10.1 Å². The average Bonchev–Trinajstić information content (AvgIpc) is 3.25. The smallest absolute Gasteiger partial charge is 0.268 e. The van der Waals surface area contributed by atoms with Crippen molar-refractivity contribution in [1.82, 2.24) is 15.2 Å². The Hall–Kier alpha value is -2.76. The third-order valence-corrected chi connectivity index (χ3v) is 4.34. The molecule has 0 radical (unpaired) electrons. The first-order valence-corrected chi connectivity index (χ1v) is 8.46. The zero-order valence-electron chi connectivity index (χ0n) is 12.2. The lowest BCUT2D eigenvalue weighted by Gasteiger charge is -2.02. The van der Waals surface area contributed by atoms with Crippen LogP contribution >= 0.6 is 27.3 Å². The quantitative estimate of drug-likeness (QED) is 0.514. The number of carbonyl (C=O) groups excluding carboxylic acids is 1. The highest BCUT2D eigenvalue weighted by atomic mass is 79.9. The van der Waals surface area contributed by atoms with Gasteiger partial charge >= 0.3 is 0 Å². The van der Waals surface area contributed by atoms with Gasteiger partial charge in [0, 0.05) is 27.2 Å². The summed E-state index contributed by atoms with van der Waals surface area (Å²) in [5, 5.41) is 21.0. The molecule has 0 fully saturated rings. The second-order valence-electron chi connectivity index (χ2n) is 4.67. The molecule has 0 spiro atoms. The Bertz CT molecular complexity index is 922. The van der Waals surface area contributed by atoms with Crippen LogP contribution < -0.4 is 5.32 Å². The van der Waals surface area contributed by atoms with Crippen molar-refractivity contribution in [1.29, 1.82) is 5.26 Å². The Morgan fingerprint density at radius 3 is 2.83 bits per heavy atom. The van der Waals surface area contributed by atoms with Gasteiger partial charge in [0.2, 0.25) is 0 Å². The van der Waals surface area contributed by atoms with E-state index in [1.54, 1.807) is 17.8 Å². The molecule has 1 aromatic carbocycles. The van der Waals surface area contributed by atoms with Crippen molar-refractivity contribution in [3.05, 3.63) is 57.6 Å². The van der Waals surface area contributed by atoms with Gasteiger partial charge < -0.3 is 0 Å². The minimum atomic E-state index is -0.504. The molecular formula is C16H10BrN5OS. The number of carbonyl (C=O) groups is 1. The van der Waals surface area contributed by atoms with Crippen LogP contribution in [-0.4, -0.2) is 21.1 Å². The predicted octanol–water partition coefficient (Wildman–Crippen LogP) is 3.84. The van der Waals surface area contributed by atoms with Gasteiger partial charge in [0.05, 0.1) is 11.9 Å². The monoisotopic (exact) mass is 399 g/mol. The molecular weight excluding hydrogens is 390 g/mol. The number of hydrogen-bond acceptors (Lipinski definition) is 5. The number of nitrogens with one attached hydrogen (secondary N) is 2. The Balaban J connectivity index is 1.89. The molecule has 0 aliphatic carbocycles. The van der Waals surface area contributed by atoms with Crippen molar-refractivity contribution < 1.29 is 4.79 Å². The van der Waals surface area contributed by atoms with Crippen molar-refractivity contribution in [2.24, 2.45) is 0 Å². The number of nitriles is 1. The lowest BCUT2D eigenvalue weighted by atomic mass is 10.1. The number of halogens is 1. The molecule has 0 saturated carbocycles. The molecule has 0 atom stereocenters. The number of aromatic amines is 1. The number of benzene rings is 1. The van der Waals surface area contributed by atoms with E-state index in [0.717, 1.165) is 15.7 Å². The number of hydrogen-bond donors (Lipinski definition) is 2. The zero-order chi connectivity index (χ0) is 16.9. The fraction of sp³-hybridized carbons (Fsp3) is 0. The van der Waals surface area contributed by atoms with Gasteiger partial charge in [-0.1, -0.05) is 28.1 Å². The first kappa shape index (κ1) is 16.1. The van der Waals surface area contributed by atoms with Crippen LogP contribution in [-0.2, 0) is 4.79 Å². The maximum atomic E-state index is 12.2. The number of H-pyrrole nitrogens is 1. The Morgan fingerprint density at radius 1 is 1.38 bits per heavy atom. The van der Waals surface area contributed by atoms with Gasteiger partial charge in [-0.05, 0) is 18.2 Å². The molecule has 2 N–H and O–H groups in total. The zero-order valence-corrected chi connectivity index (χ0v) is 14.6.